The van der Waals surface area contributed by atoms with Crippen LogP contribution in [0.2, 0.25) is 0 Å². The number of ether oxygens (including phenoxy) is 3. The van der Waals surface area contributed by atoms with E-state index in [0.717, 1.165) is 18.7 Å². The van der Waals surface area contributed by atoms with Crippen molar-refractivity contribution >= 4 is 0 Å². The minimum absolute atomic E-state index is 0.0883. The molecule has 2 unspecified atom stereocenters. The zero-order valence-corrected chi connectivity index (χ0v) is 11.6. The summed E-state index contributed by atoms with van der Waals surface area (Å²) >= 11 is 0. The molecule has 1 N–H and O–H groups in total. The van der Waals surface area contributed by atoms with Crippen molar-refractivity contribution in [3.63, 3.8) is 0 Å². The Morgan fingerprint density at radius 1 is 1.16 bits per heavy atom. The van der Waals surface area contributed by atoms with Crippen LogP contribution in [-0.4, -0.2) is 56.6 Å². The maximum atomic E-state index is 9.96. The molecular formula is C14H21NO4. The van der Waals surface area contributed by atoms with Crippen LogP contribution in [0, 0.1) is 0 Å². The van der Waals surface area contributed by atoms with Crippen LogP contribution in [0.4, 0.5) is 0 Å². The van der Waals surface area contributed by atoms with E-state index in [2.05, 4.69) is 4.90 Å². The molecule has 0 aromatic heterocycles. The fraction of sp³-hybridized carbons (Fsp3) is 0.571. The third-order valence-electron chi connectivity index (χ3n) is 3.58. The van der Waals surface area contributed by atoms with Crippen molar-refractivity contribution in [1.82, 2.24) is 4.90 Å². The molecule has 2 rings (SSSR count). The van der Waals surface area contributed by atoms with Crippen molar-refractivity contribution in [2.24, 2.45) is 0 Å². The van der Waals surface area contributed by atoms with Crippen molar-refractivity contribution < 1.29 is 19.3 Å². The smallest absolute Gasteiger partial charge is 0.123 e. The standard InChI is InChI=1S/C14H21NO4/c1-17-11-5-4-10(12(16)6-11)7-15-8-13(18-2)14(9-15)19-3/h4-6,13-14,16H,7-9H2,1-3H3. The lowest BCUT2D eigenvalue weighted by molar-refractivity contribution is -0.00461. The molecule has 1 heterocycles. The van der Waals surface area contributed by atoms with Gasteiger partial charge in [0.15, 0.2) is 0 Å². The van der Waals surface area contributed by atoms with Gasteiger partial charge < -0.3 is 19.3 Å². The molecule has 2 atom stereocenters. The van der Waals surface area contributed by atoms with Gasteiger partial charge in [-0.15, -0.1) is 0 Å². The van der Waals surface area contributed by atoms with Gasteiger partial charge in [0.1, 0.15) is 11.5 Å². The van der Waals surface area contributed by atoms with E-state index in [1.807, 2.05) is 12.1 Å². The molecule has 106 valence electrons. The Bertz CT molecular complexity index is 412. The predicted molar refractivity (Wildman–Crippen MR) is 71.5 cm³/mol. The second kappa shape index (κ2) is 6.23. The number of rotatable bonds is 5. The summed E-state index contributed by atoms with van der Waals surface area (Å²) in [5.74, 6) is 0.918. The highest BCUT2D eigenvalue weighted by atomic mass is 16.5. The van der Waals surface area contributed by atoms with Crippen LogP contribution < -0.4 is 4.74 Å². The number of aromatic hydroxyl groups is 1. The summed E-state index contributed by atoms with van der Waals surface area (Å²) in [5, 5.41) is 9.96. The number of nitrogens with zero attached hydrogens (tertiary/aromatic N) is 1. The van der Waals surface area contributed by atoms with E-state index in [-0.39, 0.29) is 18.0 Å². The second-order valence-electron chi connectivity index (χ2n) is 4.74. The van der Waals surface area contributed by atoms with Gasteiger partial charge in [-0.2, -0.15) is 0 Å². The third kappa shape index (κ3) is 3.18. The summed E-state index contributed by atoms with van der Waals surface area (Å²) in [7, 11) is 4.98. The molecule has 0 spiro atoms. The molecule has 0 aliphatic carbocycles. The van der Waals surface area contributed by atoms with Crippen molar-refractivity contribution in [2.45, 2.75) is 18.8 Å². The third-order valence-corrected chi connectivity index (χ3v) is 3.58. The Hall–Kier alpha value is -1.30. The molecule has 0 amide bonds. The summed E-state index contributed by atoms with van der Waals surface area (Å²) in [6.45, 7) is 2.29. The van der Waals surface area contributed by atoms with Crippen molar-refractivity contribution in [3.05, 3.63) is 23.8 Å². The zero-order chi connectivity index (χ0) is 13.8. The van der Waals surface area contributed by atoms with Gasteiger partial charge in [-0.1, -0.05) is 6.07 Å². The van der Waals surface area contributed by atoms with E-state index in [9.17, 15) is 5.11 Å². The van der Waals surface area contributed by atoms with Gasteiger partial charge >= 0.3 is 0 Å². The van der Waals surface area contributed by atoms with E-state index < -0.39 is 0 Å². The van der Waals surface area contributed by atoms with Gasteiger partial charge in [-0.25, -0.2) is 0 Å². The van der Waals surface area contributed by atoms with E-state index in [0.29, 0.717) is 12.3 Å². The van der Waals surface area contributed by atoms with Crippen LogP contribution in [0.15, 0.2) is 18.2 Å². The quantitative estimate of drug-likeness (QED) is 0.870. The Kier molecular flexibility index (Phi) is 4.63. The fourth-order valence-corrected chi connectivity index (χ4v) is 2.45. The van der Waals surface area contributed by atoms with Gasteiger partial charge in [0.05, 0.1) is 19.3 Å². The van der Waals surface area contributed by atoms with Crippen molar-refractivity contribution in [1.29, 1.82) is 0 Å². The molecule has 1 aromatic rings. The highest BCUT2D eigenvalue weighted by molar-refractivity contribution is 5.39. The monoisotopic (exact) mass is 267 g/mol. The molecule has 1 saturated heterocycles. The Labute approximate surface area is 113 Å². The lowest BCUT2D eigenvalue weighted by Crippen LogP contribution is -2.27. The van der Waals surface area contributed by atoms with Gasteiger partial charge in [-0.05, 0) is 6.07 Å². The molecule has 0 bridgehead atoms. The topological polar surface area (TPSA) is 51.2 Å². The van der Waals surface area contributed by atoms with Gasteiger partial charge in [0, 0.05) is 45.5 Å². The molecule has 0 radical (unpaired) electrons. The van der Waals surface area contributed by atoms with Crippen LogP contribution >= 0.6 is 0 Å². The second-order valence-corrected chi connectivity index (χ2v) is 4.74. The lowest BCUT2D eigenvalue weighted by Gasteiger charge is -2.16. The molecular weight excluding hydrogens is 246 g/mol. The molecule has 1 fully saturated rings. The molecule has 1 aliphatic rings. The first kappa shape index (κ1) is 14.1. The summed E-state index contributed by atoms with van der Waals surface area (Å²) in [6, 6.07) is 5.37. The number of benzene rings is 1. The normalized spacial score (nSPS) is 23.7. The van der Waals surface area contributed by atoms with Crippen LogP contribution in [0.1, 0.15) is 5.56 Å². The van der Waals surface area contributed by atoms with Gasteiger partial charge in [0.25, 0.3) is 0 Å². The number of likely N-dealkylation sites (tertiary alicyclic amines) is 1. The summed E-state index contributed by atoms with van der Waals surface area (Å²) < 4.78 is 15.9. The van der Waals surface area contributed by atoms with E-state index in [1.54, 1.807) is 27.4 Å². The van der Waals surface area contributed by atoms with Gasteiger partial charge in [-0.3, -0.25) is 4.90 Å². The minimum Gasteiger partial charge on any atom is -0.507 e. The highest BCUT2D eigenvalue weighted by Crippen LogP contribution is 2.26. The van der Waals surface area contributed by atoms with Crippen molar-refractivity contribution in [2.75, 3.05) is 34.4 Å². The number of methoxy groups -OCH3 is 3. The first-order chi connectivity index (χ1) is 9.17. The van der Waals surface area contributed by atoms with Crippen LogP contribution in [0.5, 0.6) is 11.5 Å². The lowest BCUT2D eigenvalue weighted by atomic mass is 10.2. The van der Waals surface area contributed by atoms with Crippen LogP contribution in [0.3, 0.4) is 0 Å². The minimum atomic E-state index is 0.0883. The average molecular weight is 267 g/mol. The first-order valence-corrected chi connectivity index (χ1v) is 6.31. The first-order valence-electron chi connectivity index (χ1n) is 6.31. The zero-order valence-electron chi connectivity index (χ0n) is 11.6. The van der Waals surface area contributed by atoms with E-state index >= 15 is 0 Å². The summed E-state index contributed by atoms with van der Waals surface area (Å²) in [5.41, 5.74) is 0.882. The number of phenols is 1. The highest BCUT2D eigenvalue weighted by Gasteiger charge is 2.32. The Balaban J connectivity index is 2.02. The SMILES string of the molecule is COc1ccc(CN2CC(OC)C(OC)C2)c(O)c1. The molecule has 19 heavy (non-hydrogen) atoms. The molecule has 5 heteroatoms. The number of hydrogen-bond acceptors (Lipinski definition) is 5. The molecule has 1 aliphatic heterocycles. The molecule has 0 saturated carbocycles. The van der Waals surface area contributed by atoms with Crippen LogP contribution in [-0.2, 0) is 16.0 Å². The van der Waals surface area contributed by atoms with Gasteiger partial charge in [0.2, 0.25) is 0 Å². The predicted octanol–water partition coefficient (Wildman–Crippen LogP) is 1.25. The average Bonchev–Trinajstić information content (AvgIpc) is 2.83. The summed E-state index contributed by atoms with van der Waals surface area (Å²) in [6.07, 6.45) is 0.177. The fourth-order valence-electron chi connectivity index (χ4n) is 2.45. The Morgan fingerprint density at radius 3 is 2.26 bits per heavy atom. The maximum absolute atomic E-state index is 9.96. The summed E-state index contributed by atoms with van der Waals surface area (Å²) in [4.78, 5) is 2.21. The number of phenolic OH excluding ortho intramolecular Hbond substituents is 1. The van der Waals surface area contributed by atoms with Crippen molar-refractivity contribution in [3.8, 4) is 11.5 Å². The maximum Gasteiger partial charge on any atom is 0.123 e. The largest absolute Gasteiger partial charge is 0.507 e. The number of hydrogen-bond donors (Lipinski definition) is 1. The molecule has 5 nitrogen and oxygen atoms in total. The van der Waals surface area contributed by atoms with Crippen LogP contribution in [0.25, 0.3) is 0 Å². The molecule has 1 aromatic carbocycles. The van der Waals surface area contributed by atoms with E-state index in [4.69, 9.17) is 14.2 Å². The Morgan fingerprint density at radius 2 is 1.79 bits per heavy atom. The van der Waals surface area contributed by atoms with E-state index in [1.165, 1.54) is 0 Å².